The predicted molar refractivity (Wildman–Crippen MR) is 173 cm³/mol. The first-order valence-corrected chi connectivity index (χ1v) is 16.3. The van der Waals surface area contributed by atoms with E-state index in [2.05, 4.69) is 10.3 Å². The Hall–Kier alpha value is -3.62. The van der Waals surface area contributed by atoms with Gasteiger partial charge in [0, 0.05) is 50.2 Å². The summed E-state index contributed by atoms with van der Waals surface area (Å²) in [6.07, 6.45) is 8.88. The molecule has 1 N–H and O–H groups in total. The lowest BCUT2D eigenvalue weighted by Gasteiger charge is -2.30. The number of hydrogen-bond donors (Lipinski definition) is 1. The minimum absolute atomic E-state index is 0.0537. The number of aryl methyl sites for hydroxylation is 1. The average molecular weight is 622 g/mol. The van der Waals surface area contributed by atoms with Gasteiger partial charge < -0.3 is 14.6 Å². The molecule has 1 aromatic heterocycles. The molecule has 1 saturated carbocycles. The van der Waals surface area contributed by atoms with Gasteiger partial charge in [-0.3, -0.25) is 24.0 Å². The fourth-order valence-corrected chi connectivity index (χ4v) is 5.92. The number of rotatable bonds is 16. The van der Waals surface area contributed by atoms with Gasteiger partial charge in [0.05, 0.1) is 12.0 Å². The molecule has 3 rings (SSSR count). The van der Waals surface area contributed by atoms with E-state index in [1.165, 1.54) is 6.42 Å². The smallest absolute Gasteiger partial charge is 0.224 e. The molecule has 0 saturated heterocycles. The van der Waals surface area contributed by atoms with Crippen molar-refractivity contribution in [3.8, 4) is 5.75 Å². The molecule has 1 heterocycles. The first-order valence-electron chi connectivity index (χ1n) is 16.3. The van der Waals surface area contributed by atoms with E-state index in [1.54, 1.807) is 37.4 Å². The number of nitrogens with zero attached hydrogens (tertiary/aromatic N) is 2. The van der Waals surface area contributed by atoms with E-state index in [4.69, 9.17) is 4.74 Å². The average Bonchev–Trinajstić information content (AvgIpc) is 3.40. The van der Waals surface area contributed by atoms with Gasteiger partial charge in [-0.2, -0.15) is 0 Å². The summed E-state index contributed by atoms with van der Waals surface area (Å²) in [5.41, 5.74) is -0.147. The number of carbonyl (C=O) groups excluding carboxylic acids is 5. The molecule has 0 aliphatic heterocycles. The van der Waals surface area contributed by atoms with Crippen molar-refractivity contribution in [1.29, 1.82) is 0 Å². The van der Waals surface area contributed by atoms with E-state index < -0.39 is 35.0 Å². The number of imidazole rings is 1. The summed E-state index contributed by atoms with van der Waals surface area (Å²) < 4.78 is 7.69. The van der Waals surface area contributed by atoms with Gasteiger partial charge in [0.2, 0.25) is 11.7 Å². The van der Waals surface area contributed by atoms with Crippen LogP contribution in [0.5, 0.6) is 5.75 Å². The highest BCUT2D eigenvalue weighted by molar-refractivity contribution is 6.38. The van der Waals surface area contributed by atoms with E-state index in [9.17, 15) is 24.0 Å². The first-order chi connectivity index (χ1) is 21.2. The fourth-order valence-electron chi connectivity index (χ4n) is 5.92. The minimum atomic E-state index is -0.872. The van der Waals surface area contributed by atoms with Gasteiger partial charge in [0.15, 0.2) is 17.3 Å². The third kappa shape index (κ3) is 10.5. The Balaban J connectivity index is 1.61. The lowest BCUT2D eigenvalue weighted by atomic mass is 9.76. The Kier molecular flexibility index (Phi) is 12.8. The third-order valence-corrected chi connectivity index (χ3v) is 9.07. The molecule has 3 atom stereocenters. The van der Waals surface area contributed by atoms with Gasteiger partial charge in [0.25, 0.3) is 0 Å². The Morgan fingerprint density at radius 1 is 1.02 bits per heavy atom. The van der Waals surface area contributed by atoms with Crippen LogP contribution in [0.1, 0.15) is 109 Å². The number of hydrogen-bond acceptors (Lipinski definition) is 7. The highest BCUT2D eigenvalue weighted by Crippen LogP contribution is 2.31. The molecule has 45 heavy (non-hydrogen) atoms. The molecular weight excluding hydrogens is 570 g/mol. The lowest BCUT2D eigenvalue weighted by Crippen LogP contribution is -2.46. The van der Waals surface area contributed by atoms with Crippen LogP contribution in [0.4, 0.5) is 0 Å². The number of nitrogens with one attached hydrogen (secondary N) is 1. The Labute approximate surface area is 267 Å². The van der Waals surface area contributed by atoms with Crippen LogP contribution in [0.3, 0.4) is 0 Å². The topological polar surface area (TPSA) is 124 Å². The van der Waals surface area contributed by atoms with Gasteiger partial charge in [-0.15, -0.1) is 0 Å². The number of benzene rings is 1. The van der Waals surface area contributed by atoms with Crippen LogP contribution >= 0.6 is 0 Å². The van der Waals surface area contributed by atoms with Crippen LogP contribution < -0.4 is 10.1 Å². The summed E-state index contributed by atoms with van der Waals surface area (Å²) >= 11 is 0. The van der Waals surface area contributed by atoms with Crippen LogP contribution in [0.15, 0.2) is 36.7 Å². The molecule has 0 unspecified atom stereocenters. The number of ketones is 4. The number of aromatic nitrogens is 2. The zero-order chi connectivity index (χ0) is 33.3. The maximum Gasteiger partial charge on any atom is 0.224 e. The highest BCUT2D eigenvalue weighted by atomic mass is 16.5. The summed E-state index contributed by atoms with van der Waals surface area (Å²) in [6, 6.07) is 5.98. The second kappa shape index (κ2) is 16.1. The number of carbonyl (C=O) groups is 5. The molecule has 2 aromatic rings. The van der Waals surface area contributed by atoms with Crippen LogP contribution in [0.25, 0.3) is 0 Å². The molecule has 1 fully saturated rings. The molecule has 246 valence electrons. The van der Waals surface area contributed by atoms with Crippen LogP contribution in [-0.2, 0) is 32.8 Å². The van der Waals surface area contributed by atoms with E-state index in [-0.39, 0.29) is 55.1 Å². The van der Waals surface area contributed by atoms with Crippen LogP contribution in [0.2, 0.25) is 0 Å². The second-order valence-corrected chi connectivity index (χ2v) is 14.1. The molecule has 0 radical (unpaired) electrons. The van der Waals surface area contributed by atoms with Gasteiger partial charge in [-0.1, -0.05) is 78.9 Å². The SMILES string of the molecule is CC(C)[C@H](CC(=O)[C@H](C)NC(=O)[C@@H](CC(=O)c1cccc(OCc2nccn2C)c1)C(C)(C)C)C(=O)C(=O)CC1CCCCC1. The zero-order valence-electron chi connectivity index (χ0n) is 28.1. The summed E-state index contributed by atoms with van der Waals surface area (Å²) in [5.74, 6) is -1.91. The maximum absolute atomic E-state index is 13.5. The Morgan fingerprint density at radius 2 is 1.71 bits per heavy atom. The van der Waals surface area contributed by atoms with Gasteiger partial charge in [-0.25, -0.2) is 4.98 Å². The van der Waals surface area contributed by atoms with Crippen LogP contribution in [-0.4, -0.2) is 44.6 Å². The van der Waals surface area contributed by atoms with Crippen molar-refractivity contribution in [2.45, 2.75) is 106 Å². The van der Waals surface area contributed by atoms with Crippen molar-refractivity contribution in [3.05, 3.63) is 48.0 Å². The molecule has 0 bridgehead atoms. The van der Waals surface area contributed by atoms with E-state index in [1.807, 2.05) is 52.4 Å². The summed E-state index contributed by atoms with van der Waals surface area (Å²) in [7, 11) is 1.87. The van der Waals surface area contributed by atoms with E-state index in [0.717, 1.165) is 31.5 Å². The molecule has 9 nitrogen and oxygen atoms in total. The number of amides is 1. The van der Waals surface area contributed by atoms with E-state index in [0.29, 0.717) is 11.3 Å². The first kappa shape index (κ1) is 35.9. The summed E-state index contributed by atoms with van der Waals surface area (Å²) in [4.78, 5) is 70.4. The molecule has 0 spiro atoms. The van der Waals surface area contributed by atoms with Crippen molar-refractivity contribution in [2.24, 2.45) is 36.1 Å². The molecule has 1 aliphatic rings. The molecular formula is C36H51N3O6. The summed E-state index contributed by atoms with van der Waals surface area (Å²) in [6.45, 7) is 11.2. The third-order valence-electron chi connectivity index (χ3n) is 9.07. The molecule has 1 aliphatic carbocycles. The monoisotopic (exact) mass is 621 g/mol. The standard InChI is InChI=1S/C36H51N3O6/c1-23(2)28(34(43)32(42)18-25-12-9-8-10-13-25)20-30(40)24(3)38-35(44)29(36(4,5)6)21-31(41)26-14-11-15-27(19-26)45-22-33-37-16-17-39(33)7/h11,14-17,19,23-25,28-29H,8-10,12-13,18,20-22H2,1-7H3,(H,38,44)/t24-,28-,29+/m0/s1. The van der Waals surface area contributed by atoms with Crippen molar-refractivity contribution < 1.29 is 28.7 Å². The number of Topliss-reactive ketones (excluding diaryl/α,β-unsaturated/α-hetero) is 4. The molecule has 9 heteroatoms. The molecule has 1 amide bonds. The van der Waals surface area contributed by atoms with Gasteiger partial charge in [0.1, 0.15) is 18.2 Å². The van der Waals surface area contributed by atoms with Crippen molar-refractivity contribution in [1.82, 2.24) is 14.9 Å². The Morgan fingerprint density at radius 3 is 2.31 bits per heavy atom. The normalized spacial score (nSPS) is 16.1. The predicted octanol–water partition coefficient (Wildman–Crippen LogP) is 6.08. The minimum Gasteiger partial charge on any atom is -0.486 e. The van der Waals surface area contributed by atoms with Gasteiger partial charge in [-0.05, 0) is 36.3 Å². The van der Waals surface area contributed by atoms with Crippen molar-refractivity contribution >= 4 is 29.0 Å². The van der Waals surface area contributed by atoms with Crippen molar-refractivity contribution in [3.63, 3.8) is 0 Å². The Bertz CT molecular complexity index is 1350. The second-order valence-electron chi connectivity index (χ2n) is 14.1. The zero-order valence-corrected chi connectivity index (χ0v) is 28.1. The molecule has 1 aromatic carbocycles. The summed E-state index contributed by atoms with van der Waals surface area (Å²) in [5, 5.41) is 2.80. The maximum atomic E-state index is 13.5. The lowest BCUT2D eigenvalue weighted by molar-refractivity contribution is -0.142. The highest BCUT2D eigenvalue weighted by Gasteiger charge is 2.36. The largest absolute Gasteiger partial charge is 0.486 e. The van der Waals surface area contributed by atoms with Crippen LogP contribution in [0, 0.1) is 29.1 Å². The fraction of sp³-hybridized carbons (Fsp3) is 0.611. The number of ether oxygens (including phenoxy) is 1. The quantitative estimate of drug-likeness (QED) is 0.178. The van der Waals surface area contributed by atoms with Gasteiger partial charge >= 0.3 is 0 Å². The van der Waals surface area contributed by atoms with Crippen molar-refractivity contribution in [2.75, 3.05) is 0 Å². The van der Waals surface area contributed by atoms with E-state index >= 15 is 0 Å².